The number of benzene rings is 1. The Morgan fingerprint density at radius 1 is 1.22 bits per heavy atom. The Bertz CT molecular complexity index is 989. The molecule has 0 aromatic heterocycles. The van der Waals surface area contributed by atoms with Crippen molar-refractivity contribution in [1.82, 2.24) is 15.2 Å². The minimum atomic E-state index is -0.00913. The summed E-state index contributed by atoms with van der Waals surface area (Å²) in [6, 6.07) is 7.46. The molecule has 1 unspecified atom stereocenters. The van der Waals surface area contributed by atoms with Crippen molar-refractivity contribution < 1.29 is 14.7 Å². The summed E-state index contributed by atoms with van der Waals surface area (Å²) >= 11 is 0. The summed E-state index contributed by atoms with van der Waals surface area (Å²) in [5.74, 6) is 0.785. The number of likely N-dealkylation sites (tertiary alicyclic amines) is 1. The second kappa shape index (κ2) is 9.53. The molecule has 32 heavy (non-hydrogen) atoms. The molecule has 1 aromatic rings. The summed E-state index contributed by atoms with van der Waals surface area (Å²) in [6.07, 6.45) is 9.45. The lowest BCUT2D eigenvalue weighted by atomic mass is 9.98. The van der Waals surface area contributed by atoms with Crippen LogP contribution in [0.2, 0.25) is 0 Å². The SMILES string of the molecule is C=C1C=CC=C(c2ccc(C(=O)N3CCCC(CO)C3)cc2)N1/N=C(\C)NC(=O)C1CC1. The van der Waals surface area contributed by atoms with Crippen LogP contribution in [0.5, 0.6) is 0 Å². The molecule has 7 nitrogen and oxygen atoms in total. The van der Waals surface area contributed by atoms with Crippen molar-refractivity contribution in [1.29, 1.82) is 0 Å². The van der Waals surface area contributed by atoms with E-state index in [0.717, 1.165) is 43.5 Å². The second-order valence-electron chi connectivity index (χ2n) is 8.68. The number of piperidine rings is 1. The molecule has 2 N–H and O–H groups in total. The molecule has 1 aromatic carbocycles. The zero-order valence-corrected chi connectivity index (χ0v) is 18.5. The normalized spacial score (nSPS) is 21.4. The van der Waals surface area contributed by atoms with E-state index in [-0.39, 0.29) is 30.3 Å². The van der Waals surface area contributed by atoms with Crippen molar-refractivity contribution in [3.8, 4) is 0 Å². The van der Waals surface area contributed by atoms with Crippen LogP contribution in [-0.2, 0) is 4.79 Å². The standard InChI is InChI=1S/C25H30N4O3/c1-17-5-3-7-23(29(17)27-18(2)26-24(31)21-10-11-21)20-8-12-22(13-9-20)25(32)28-14-4-6-19(15-28)16-30/h3,5,7-9,12-13,19,21,30H,1,4,6,10-11,14-16H2,2H3,(H,26,27,31). The Labute approximate surface area is 188 Å². The highest BCUT2D eigenvalue weighted by atomic mass is 16.3. The average molecular weight is 435 g/mol. The molecule has 1 aliphatic carbocycles. The van der Waals surface area contributed by atoms with Gasteiger partial charge in [0.1, 0.15) is 5.84 Å². The fourth-order valence-corrected chi connectivity index (χ4v) is 4.05. The summed E-state index contributed by atoms with van der Waals surface area (Å²) in [5.41, 5.74) is 3.02. The highest BCUT2D eigenvalue weighted by Crippen LogP contribution is 2.30. The summed E-state index contributed by atoms with van der Waals surface area (Å²) in [7, 11) is 0. The Morgan fingerprint density at radius 2 is 1.97 bits per heavy atom. The number of amidine groups is 1. The summed E-state index contributed by atoms with van der Waals surface area (Å²) in [4.78, 5) is 26.8. The summed E-state index contributed by atoms with van der Waals surface area (Å²) in [6.45, 7) is 7.28. The van der Waals surface area contributed by atoms with Gasteiger partial charge in [-0.1, -0.05) is 24.8 Å². The Balaban J connectivity index is 1.49. The molecular weight excluding hydrogens is 404 g/mol. The van der Waals surface area contributed by atoms with Gasteiger partial charge in [0.25, 0.3) is 5.91 Å². The molecular formula is C25H30N4O3. The van der Waals surface area contributed by atoms with Crippen molar-refractivity contribution in [3.05, 3.63) is 65.9 Å². The molecule has 4 rings (SSSR count). The maximum Gasteiger partial charge on any atom is 0.253 e. The van der Waals surface area contributed by atoms with E-state index in [2.05, 4.69) is 17.0 Å². The molecule has 2 amide bonds. The van der Waals surface area contributed by atoms with Crippen molar-refractivity contribution >= 4 is 23.3 Å². The number of aliphatic hydroxyl groups is 1. The summed E-state index contributed by atoms with van der Waals surface area (Å²) < 4.78 is 0. The van der Waals surface area contributed by atoms with Crippen molar-refractivity contribution in [2.24, 2.45) is 16.9 Å². The average Bonchev–Trinajstić information content (AvgIpc) is 3.66. The van der Waals surface area contributed by atoms with Crippen LogP contribution in [0.3, 0.4) is 0 Å². The predicted molar refractivity (Wildman–Crippen MR) is 124 cm³/mol. The van der Waals surface area contributed by atoms with E-state index >= 15 is 0 Å². The van der Waals surface area contributed by atoms with Crippen molar-refractivity contribution in [3.63, 3.8) is 0 Å². The van der Waals surface area contributed by atoms with E-state index in [1.54, 1.807) is 11.9 Å². The van der Waals surface area contributed by atoms with E-state index < -0.39 is 0 Å². The zero-order valence-electron chi connectivity index (χ0n) is 18.5. The molecule has 2 fully saturated rings. The predicted octanol–water partition coefficient (Wildman–Crippen LogP) is 3.12. The highest BCUT2D eigenvalue weighted by Gasteiger charge is 2.30. The van der Waals surface area contributed by atoms with Crippen LogP contribution in [-0.4, -0.2) is 52.4 Å². The smallest absolute Gasteiger partial charge is 0.253 e. The third kappa shape index (κ3) is 4.99. The number of nitrogens with zero attached hydrogens (tertiary/aromatic N) is 3. The van der Waals surface area contributed by atoms with Gasteiger partial charge in [0, 0.05) is 36.7 Å². The first-order valence-corrected chi connectivity index (χ1v) is 11.2. The van der Waals surface area contributed by atoms with E-state index in [4.69, 9.17) is 0 Å². The van der Waals surface area contributed by atoms with Gasteiger partial charge < -0.3 is 15.3 Å². The fraction of sp³-hybridized carbons (Fsp3) is 0.400. The fourth-order valence-electron chi connectivity index (χ4n) is 4.05. The van der Waals surface area contributed by atoms with Crippen LogP contribution >= 0.6 is 0 Å². The molecule has 0 spiro atoms. The number of carbonyl (C=O) groups is 2. The van der Waals surface area contributed by atoms with Crippen molar-refractivity contribution in [2.75, 3.05) is 19.7 Å². The number of carbonyl (C=O) groups excluding carboxylic acids is 2. The molecule has 1 saturated carbocycles. The Hall–Kier alpha value is -3.19. The largest absolute Gasteiger partial charge is 0.396 e. The monoisotopic (exact) mass is 434 g/mol. The first kappa shape index (κ1) is 22.0. The molecule has 3 aliphatic rings. The second-order valence-corrected chi connectivity index (χ2v) is 8.68. The molecule has 0 radical (unpaired) electrons. The van der Waals surface area contributed by atoms with Crippen molar-refractivity contribution in [2.45, 2.75) is 32.6 Å². The number of nitrogens with one attached hydrogen (secondary N) is 1. The number of hydrogen-bond acceptors (Lipinski definition) is 5. The summed E-state index contributed by atoms with van der Waals surface area (Å²) in [5, 5.41) is 18.6. The number of hydrazone groups is 1. The lowest BCUT2D eigenvalue weighted by Crippen LogP contribution is -2.40. The first-order chi connectivity index (χ1) is 15.5. The van der Waals surface area contributed by atoms with Crippen LogP contribution in [0.4, 0.5) is 0 Å². The topological polar surface area (TPSA) is 85.2 Å². The van der Waals surface area contributed by atoms with Crippen LogP contribution in [0, 0.1) is 11.8 Å². The van der Waals surface area contributed by atoms with E-state index in [1.807, 2.05) is 47.4 Å². The molecule has 0 bridgehead atoms. The lowest BCUT2D eigenvalue weighted by molar-refractivity contribution is -0.120. The maximum atomic E-state index is 12.9. The minimum absolute atomic E-state index is 0.00913. The number of rotatable bonds is 5. The van der Waals surface area contributed by atoms with Gasteiger partial charge in [-0.3, -0.25) is 9.59 Å². The van der Waals surface area contributed by atoms with Gasteiger partial charge in [0.05, 0.1) is 11.4 Å². The third-order valence-electron chi connectivity index (χ3n) is 6.04. The third-order valence-corrected chi connectivity index (χ3v) is 6.04. The van der Waals surface area contributed by atoms with Gasteiger partial charge in [0.15, 0.2) is 0 Å². The van der Waals surface area contributed by atoms with Crippen LogP contribution in [0.25, 0.3) is 5.70 Å². The molecule has 7 heteroatoms. The number of amides is 2. The number of aliphatic hydroxyl groups excluding tert-OH is 1. The molecule has 2 heterocycles. The maximum absolute atomic E-state index is 12.9. The van der Waals surface area contributed by atoms with Gasteiger partial charge in [-0.25, -0.2) is 5.01 Å². The molecule has 1 saturated heterocycles. The number of hydrogen-bond donors (Lipinski definition) is 2. The van der Waals surface area contributed by atoms with Gasteiger partial charge >= 0.3 is 0 Å². The van der Waals surface area contributed by atoms with Crippen LogP contribution in [0.1, 0.15) is 48.5 Å². The van der Waals surface area contributed by atoms with Crippen LogP contribution < -0.4 is 5.32 Å². The zero-order chi connectivity index (χ0) is 22.7. The quantitative estimate of drug-likeness (QED) is 0.551. The highest BCUT2D eigenvalue weighted by molar-refractivity contribution is 5.99. The van der Waals surface area contributed by atoms with E-state index in [0.29, 0.717) is 23.6 Å². The Morgan fingerprint density at radius 3 is 2.66 bits per heavy atom. The van der Waals surface area contributed by atoms with Gasteiger partial charge in [-0.05, 0) is 62.8 Å². The molecule has 1 atom stereocenters. The van der Waals surface area contributed by atoms with Gasteiger partial charge in [0.2, 0.25) is 5.91 Å². The van der Waals surface area contributed by atoms with Gasteiger partial charge in [-0.15, -0.1) is 0 Å². The first-order valence-electron chi connectivity index (χ1n) is 11.2. The van der Waals surface area contributed by atoms with Gasteiger partial charge in [-0.2, -0.15) is 5.10 Å². The molecule has 2 aliphatic heterocycles. The van der Waals surface area contributed by atoms with E-state index in [9.17, 15) is 14.7 Å². The van der Waals surface area contributed by atoms with Crippen LogP contribution in [0.15, 0.2) is 59.9 Å². The lowest BCUT2D eigenvalue weighted by Gasteiger charge is -2.32. The van der Waals surface area contributed by atoms with E-state index in [1.165, 1.54) is 0 Å². The minimum Gasteiger partial charge on any atom is -0.396 e. The Kier molecular flexibility index (Phi) is 6.55. The molecule has 168 valence electrons. The number of allylic oxidation sites excluding steroid dienone is 3.